The predicted molar refractivity (Wildman–Crippen MR) is 89.6 cm³/mol. The predicted octanol–water partition coefficient (Wildman–Crippen LogP) is 2.62. The molecule has 1 aromatic carbocycles. The van der Waals surface area contributed by atoms with E-state index in [1.807, 2.05) is 20.8 Å². The quantitative estimate of drug-likeness (QED) is 0.798. The molecule has 0 spiro atoms. The van der Waals surface area contributed by atoms with Crippen LogP contribution >= 0.6 is 11.6 Å². The Kier molecular flexibility index (Phi) is 5.04. The minimum absolute atomic E-state index is 0.211. The van der Waals surface area contributed by atoms with E-state index in [-0.39, 0.29) is 12.0 Å². The second-order valence-electron chi connectivity index (χ2n) is 6.46. The first-order valence-electron chi connectivity index (χ1n) is 7.50. The number of halogens is 1. The number of anilines is 1. The summed E-state index contributed by atoms with van der Waals surface area (Å²) in [6, 6.07) is 4.99. The largest absolute Gasteiger partial charge is 0.444 e. The van der Waals surface area contributed by atoms with Gasteiger partial charge < -0.3 is 20.3 Å². The van der Waals surface area contributed by atoms with Gasteiger partial charge in [0.05, 0.1) is 10.6 Å². The number of piperazine rings is 1. The van der Waals surface area contributed by atoms with Crippen LogP contribution in [0.4, 0.5) is 10.5 Å². The maximum atomic E-state index is 12.6. The lowest BCUT2D eigenvalue weighted by Gasteiger charge is -2.35. The van der Waals surface area contributed by atoms with Crippen molar-refractivity contribution in [3.63, 3.8) is 0 Å². The van der Waals surface area contributed by atoms with E-state index in [1.54, 1.807) is 28.0 Å². The lowest BCUT2D eigenvalue weighted by Crippen LogP contribution is -2.51. The topological polar surface area (TPSA) is 75.9 Å². The standard InChI is InChI=1S/C16H22ClN3O3/c1-16(2,3)23-15(22)20-9-7-19(8-10-20)14(21)13-11(17)5-4-6-12(13)18/h4-6H,7-10,18H2,1-3H3. The van der Waals surface area contributed by atoms with Gasteiger partial charge in [0.25, 0.3) is 5.91 Å². The summed E-state index contributed by atoms with van der Waals surface area (Å²) in [6.45, 7) is 7.15. The molecular weight excluding hydrogens is 318 g/mol. The highest BCUT2D eigenvalue weighted by Crippen LogP contribution is 2.24. The van der Waals surface area contributed by atoms with Gasteiger partial charge in [-0.3, -0.25) is 4.79 Å². The first-order chi connectivity index (χ1) is 10.7. The van der Waals surface area contributed by atoms with Crippen molar-refractivity contribution in [2.24, 2.45) is 0 Å². The third-order valence-corrected chi connectivity index (χ3v) is 3.79. The number of nitrogens with two attached hydrogens (primary N) is 1. The Hall–Kier alpha value is -1.95. The molecule has 126 valence electrons. The highest BCUT2D eigenvalue weighted by Gasteiger charge is 2.29. The fraction of sp³-hybridized carbons (Fsp3) is 0.500. The van der Waals surface area contributed by atoms with E-state index >= 15 is 0 Å². The number of ether oxygens (including phenoxy) is 1. The number of benzene rings is 1. The van der Waals surface area contributed by atoms with E-state index in [4.69, 9.17) is 22.1 Å². The zero-order valence-electron chi connectivity index (χ0n) is 13.6. The second-order valence-corrected chi connectivity index (χ2v) is 6.87. The zero-order chi connectivity index (χ0) is 17.2. The van der Waals surface area contributed by atoms with Crippen LogP contribution in [0.25, 0.3) is 0 Å². The summed E-state index contributed by atoms with van der Waals surface area (Å²) < 4.78 is 5.34. The third kappa shape index (κ3) is 4.28. The maximum absolute atomic E-state index is 12.6. The van der Waals surface area contributed by atoms with Crippen molar-refractivity contribution < 1.29 is 14.3 Å². The normalized spacial score (nSPS) is 15.5. The van der Waals surface area contributed by atoms with Gasteiger partial charge in [-0.25, -0.2) is 4.79 Å². The smallest absolute Gasteiger partial charge is 0.410 e. The second kappa shape index (κ2) is 6.66. The van der Waals surface area contributed by atoms with Gasteiger partial charge in [0.15, 0.2) is 0 Å². The highest BCUT2D eigenvalue weighted by molar-refractivity contribution is 6.34. The summed E-state index contributed by atoms with van der Waals surface area (Å²) in [6.07, 6.45) is -0.359. The van der Waals surface area contributed by atoms with Gasteiger partial charge in [0.2, 0.25) is 0 Å². The summed E-state index contributed by atoms with van der Waals surface area (Å²) >= 11 is 6.08. The molecule has 1 aromatic rings. The molecule has 1 aliphatic rings. The molecule has 1 fully saturated rings. The Balaban J connectivity index is 1.99. The van der Waals surface area contributed by atoms with Crippen LogP contribution in [0.3, 0.4) is 0 Å². The molecule has 0 atom stereocenters. The molecule has 1 aliphatic heterocycles. The number of hydrogen-bond donors (Lipinski definition) is 1. The van der Waals surface area contributed by atoms with E-state index in [2.05, 4.69) is 0 Å². The van der Waals surface area contributed by atoms with E-state index < -0.39 is 5.60 Å². The zero-order valence-corrected chi connectivity index (χ0v) is 14.4. The average molecular weight is 340 g/mol. The van der Waals surface area contributed by atoms with Crippen LogP contribution in [0, 0.1) is 0 Å². The summed E-state index contributed by atoms with van der Waals surface area (Å²) in [5, 5.41) is 0.338. The van der Waals surface area contributed by atoms with Crippen molar-refractivity contribution in [1.29, 1.82) is 0 Å². The van der Waals surface area contributed by atoms with E-state index in [0.29, 0.717) is 42.5 Å². The highest BCUT2D eigenvalue weighted by atomic mass is 35.5. The van der Waals surface area contributed by atoms with Gasteiger partial charge in [-0.05, 0) is 32.9 Å². The molecule has 6 nitrogen and oxygen atoms in total. The molecule has 0 aromatic heterocycles. The molecule has 0 bridgehead atoms. The van der Waals surface area contributed by atoms with Gasteiger partial charge in [0.1, 0.15) is 5.60 Å². The molecule has 0 unspecified atom stereocenters. The average Bonchev–Trinajstić information content (AvgIpc) is 2.45. The van der Waals surface area contributed by atoms with E-state index in [1.165, 1.54) is 0 Å². The van der Waals surface area contributed by atoms with Crippen LogP contribution in [0.1, 0.15) is 31.1 Å². The van der Waals surface area contributed by atoms with Crippen LogP contribution in [0.2, 0.25) is 5.02 Å². The first-order valence-corrected chi connectivity index (χ1v) is 7.88. The number of amides is 2. The summed E-state index contributed by atoms with van der Waals surface area (Å²) in [5.74, 6) is -0.211. The molecule has 1 heterocycles. The molecule has 0 radical (unpaired) electrons. The SMILES string of the molecule is CC(C)(C)OC(=O)N1CCN(C(=O)c2c(N)cccc2Cl)CC1. The van der Waals surface area contributed by atoms with Gasteiger partial charge in [0, 0.05) is 31.9 Å². The summed E-state index contributed by atoms with van der Waals surface area (Å²) in [4.78, 5) is 27.9. The number of nitrogens with zero attached hydrogens (tertiary/aromatic N) is 2. The van der Waals surface area contributed by atoms with Crippen LogP contribution in [-0.2, 0) is 4.74 Å². The molecule has 2 rings (SSSR count). The van der Waals surface area contributed by atoms with Crippen molar-refractivity contribution in [1.82, 2.24) is 9.80 Å². The van der Waals surface area contributed by atoms with Crippen LogP contribution in [0.5, 0.6) is 0 Å². The van der Waals surface area contributed by atoms with Gasteiger partial charge in [-0.2, -0.15) is 0 Å². The van der Waals surface area contributed by atoms with Gasteiger partial charge in [-0.15, -0.1) is 0 Å². The molecule has 2 amide bonds. The summed E-state index contributed by atoms with van der Waals surface area (Å²) in [5.41, 5.74) is 6.00. The van der Waals surface area contributed by atoms with Crippen molar-refractivity contribution in [2.75, 3.05) is 31.9 Å². The van der Waals surface area contributed by atoms with Gasteiger partial charge >= 0.3 is 6.09 Å². The monoisotopic (exact) mass is 339 g/mol. The van der Waals surface area contributed by atoms with Gasteiger partial charge in [-0.1, -0.05) is 17.7 Å². The molecular formula is C16H22ClN3O3. The lowest BCUT2D eigenvalue weighted by molar-refractivity contribution is 0.0141. The summed E-state index contributed by atoms with van der Waals surface area (Å²) in [7, 11) is 0. The van der Waals surface area contributed by atoms with Crippen LogP contribution < -0.4 is 5.73 Å². The number of hydrogen-bond acceptors (Lipinski definition) is 4. The van der Waals surface area contributed by atoms with E-state index in [9.17, 15) is 9.59 Å². The lowest BCUT2D eigenvalue weighted by atomic mass is 10.1. The van der Waals surface area contributed by atoms with Crippen molar-refractivity contribution in [3.8, 4) is 0 Å². The first kappa shape index (κ1) is 17.4. The molecule has 1 saturated heterocycles. The van der Waals surface area contributed by atoms with Crippen molar-refractivity contribution >= 4 is 29.3 Å². The maximum Gasteiger partial charge on any atom is 0.410 e. The van der Waals surface area contributed by atoms with Crippen LogP contribution in [-0.4, -0.2) is 53.6 Å². The Morgan fingerprint density at radius 2 is 1.70 bits per heavy atom. The number of carbonyl (C=O) groups excluding carboxylic acids is 2. The van der Waals surface area contributed by atoms with Crippen molar-refractivity contribution in [2.45, 2.75) is 26.4 Å². The Morgan fingerprint density at radius 3 is 2.22 bits per heavy atom. The van der Waals surface area contributed by atoms with Crippen LogP contribution in [0.15, 0.2) is 18.2 Å². The number of carbonyl (C=O) groups is 2. The minimum atomic E-state index is -0.532. The molecule has 23 heavy (non-hydrogen) atoms. The van der Waals surface area contributed by atoms with E-state index in [0.717, 1.165) is 0 Å². The number of nitrogen functional groups attached to an aromatic ring is 1. The fourth-order valence-electron chi connectivity index (χ4n) is 2.34. The Labute approximate surface area is 141 Å². The number of rotatable bonds is 1. The molecule has 2 N–H and O–H groups in total. The molecule has 0 saturated carbocycles. The Morgan fingerprint density at radius 1 is 1.13 bits per heavy atom. The molecule has 7 heteroatoms. The third-order valence-electron chi connectivity index (χ3n) is 3.48. The fourth-order valence-corrected chi connectivity index (χ4v) is 2.61. The minimum Gasteiger partial charge on any atom is -0.444 e. The van der Waals surface area contributed by atoms with Crippen molar-refractivity contribution in [3.05, 3.63) is 28.8 Å². The Bertz CT molecular complexity index is 585. The molecule has 0 aliphatic carbocycles.